The fourth-order valence-electron chi connectivity index (χ4n) is 2.59. The molecule has 3 rings (SSSR count). The third kappa shape index (κ3) is 3.07. The number of aliphatic hydroxyl groups is 1. The maximum absolute atomic E-state index is 11.4. The molecule has 1 aromatic rings. The SMILES string of the molecule is CC1(C)OB(C(=Cc2ccc3c(c2)NC(=O)CO3)CO)OC1(C)C. The van der Waals surface area contributed by atoms with Crippen LogP contribution >= 0.6 is 0 Å². The predicted molar refractivity (Wildman–Crippen MR) is 91.7 cm³/mol. The van der Waals surface area contributed by atoms with Crippen LogP contribution in [0.3, 0.4) is 0 Å². The summed E-state index contributed by atoms with van der Waals surface area (Å²) in [6, 6.07) is 5.45. The highest BCUT2D eigenvalue weighted by molar-refractivity contribution is 6.55. The van der Waals surface area contributed by atoms with E-state index in [1.165, 1.54) is 0 Å². The second kappa shape index (κ2) is 5.91. The van der Waals surface area contributed by atoms with Gasteiger partial charge in [-0.05, 0) is 50.9 Å². The highest BCUT2D eigenvalue weighted by Gasteiger charge is 2.52. The number of ether oxygens (including phenoxy) is 1. The van der Waals surface area contributed by atoms with Crippen LogP contribution in [0.15, 0.2) is 23.7 Å². The first-order valence-corrected chi connectivity index (χ1v) is 7.95. The first-order valence-electron chi connectivity index (χ1n) is 7.95. The second-order valence-electron chi connectivity index (χ2n) is 7.06. The summed E-state index contributed by atoms with van der Waals surface area (Å²) in [5.74, 6) is 0.449. The largest absolute Gasteiger partial charge is 0.492 e. The van der Waals surface area contributed by atoms with Crippen LogP contribution in [0.4, 0.5) is 5.69 Å². The van der Waals surface area contributed by atoms with Gasteiger partial charge in [0.25, 0.3) is 5.91 Å². The summed E-state index contributed by atoms with van der Waals surface area (Å²) in [7, 11) is -0.609. The number of fused-ring (bicyclic) bond motifs is 1. The number of hydrogen-bond donors (Lipinski definition) is 2. The molecule has 2 heterocycles. The Balaban J connectivity index is 1.87. The maximum Gasteiger partial charge on any atom is 0.492 e. The molecule has 1 fully saturated rings. The van der Waals surface area contributed by atoms with Gasteiger partial charge in [-0.25, -0.2) is 0 Å². The van der Waals surface area contributed by atoms with Gasteiger partial charge in [-0.3, -0.25) is 4.79 Å². The molecule has 0 bridgehead atoms. The molecule has 2 N–H and O–H groups in total. The summed E-state index contributed by atoms with van der Waals surface area (Å²) in [6.45, 7) is 7.71. The molecular weight excluding hydrogens is 309 g/mol. The Morgan fingerprint density at radius 3 is 2.58 bits per heavy atom. The summed E-state index contributed by atoms with van der Waals surface area (Å²) >= 11 is 0. The topological polar surface area (TPSA) is 77.0 Å². The minimum absolute atomic E-state index is 0.0258. The molecule has 7 heteroatoms. The molecule has 0 unspecified atom stereocenters. The van der Waals surface area contributed by atoms with E-state index in [4.69, 9.17) is 14.0 Å². The molecule has 0 radical (unpaired) electrons. The summed E-state index contributed by atoms with van der Waals surface area (Å²) in [4.78, 5) is 11.4. The molecule has 2 aliphatic rings. The zero-order valence-electron chi connectivity index (χ0n) is 14.4. The standard InChI is InChI=1S/C17H22BNO5/c1-16(2)17(3,4)24-18(23-16)12(9-20)7-11-5-6-14-13(8-11)19-15(21)10-22-14/h5-8,20H,9-10H2,1-4H3,(H,19,21). The van der Waals surface area contributed by atoms with Crippen molar-refractivity contribution >= 4 is 24.8 Å². The third-order valence-corrected chi connectivity index (χ3v) is 4.73. The zero-order chi connectivity index (χ0) is 17.5. The van der Waals surface area contributed by atoms with Crippen LogP contribution in [0.5, 0.6) is 5.75 Å². The van der Waals surface area contributed by atoms with Gasteiger partial charge in [0.2, 0.25) is 0 Å². The Bertz CT molecular complexity index is 682. The van der Waals surface area contributed by atoms with Crippen molar-refractivity contribution in [3.05, 3.63) is 29.2 Å². The van der Waals surface area contributed by atoms with Gasteiger partial charge in [-0.15, -0.1) is 0 Å². The summed E-state index contributed by atoms with van der Waals surface area (Å²) in [5, 5.41) is 12.5. The van der Waals surface area contributed by atoms with E-state index in [9.17, 15) is 9.90 Å². The van der Waals surface area contributed by atoms with E-state index in [1.807, 2.05) is 39.8 Å². The number of amides is 1. The molecule has 0 saturated carbocycles. The van der Waals surface area contributed by atoms with Gasteiger partial charge in [0, 0.05) is 0 Å². The van der Waals surface area contributed by atoms with E-state index in [0.29, 0.717) is 16.9 Å². The minimum Gasteiger partial charge on any atom is -0.482 e. The summed E-state index contributed by atoms with van der Waals surface area (Å²) in [5.41, 5.74) is 1.12. The summed E-state index contributed by atoms with van der Waals surface area (Å²) in [6.07, 6.45) is 1.81. The number of carbonyl (C=O) groups is 1. The van der Waals surface area contributed by atoms with Crippen molar-refractivity contribution in [2.24, 2.45) is 0 Å². The number of hydrogen-bond acceptors (Lipinski definition) is 5. The number of benzene rings is 1. The lowest BCUT2D eigenvalue weighted by Crippen LogP contribution is -2.41. The highest BCUT2D eigenvalue weighted by atomic mass is 16.7. The van der Waals surface area contributed by atoms with Crippen molar-refractivity contribution in [1.82, 2.24) is 0 Å². The normalized spacial score (nSPS) is 22.0. The van der Waals surface area contributed by atoms with E-state index >= 15 is 0 Å². The summed E-state index contributed by atoms with van der Waals surface area (Å²) < 4.78 is 17.3. The number of anilines is 1. The molecule has 2 aliphatic heterocycles. The zero-order valence-corrected chi connectivity index (χ0v) is 14.4. The lowest BCUT2D eigenvalue weighted by Gasteiger charge is -2.32. The van der Waals surface area contributed by atoms with Gasteiger partial charge >= 0.3 is 7.12 Å². The Hall–Kier alpha value is -1.83. The molecule has 0 aromatic heterocycles. The highest BCUT2D eigenvalue weighted by Crippen LogP contribution is 2.39. The number of rotatable bonds is 3. The van der Waals surface area contributed by atoms with Gasteiger partial charge in [0.1, 0.15) is 5.75 Å². The monoisotopic (exact) mass is 331 g/mol. The predicted octanol–water partition coefficient (Wildman–Crippen LogP) is 2.02. The van der Waals surface area contributed by atoms with Crippen molar-refractivity contribution in [3.8, 4) is 5.75 Å². The van der Waals surface area contributed by atoms with Gasteiger partial charge in [-0.1, -0.05) is 12.1 Å². The smallest absolute Gasteiger partial charge is 0.482 e. The number of aliphatic hydroxyl groups excluding tert-OH is 1. The van der Waals surface area contributed by atoms with Crippen LogP contribution in [0.1, 0.15) is 33.3 Å². The molecule has 1 aromatic carbocycles. The number of carbonyl (C=O) groups excluding carboxylic acids is 1. The molecule has 1 amide bonds. The van der Waals surface area contributed by atoms with Crippen molar-refractivity contribution in [1.29, 1.82) is 0 Å². The Labute approximate surface area is 141 Å². The first-order chi connectivity index (χ1) is 11.2. The average Bonchev–Trinajstić information content (AvgIpc) is 2.72. The van der Waals surface area contributed by atoms with Gasteiger partial charge in [0.15, 0.2) is 6.61 Å². The molecular formula is C17H22BNO5. The van der Waals surface area contributed by atoms with Crippen molar-refractivity contribution in [2.45, 2.75) is 38.9 Å². The van der Waals surface area contributed by atoms with Crippen LogP contribution in [-0.2, 0) is 14.1 Å². The minimum atomic E-state index is -0.609. The molecule has 128 valence electrons. The van der Waals surface area contributed by atoms with Crippen LogP contribution < -0.4 is 10.1 Å². The quantitative estimate of drug-likeness (QED) is 0.829. The lowest BCUT2D eigenvalue weighted by atomic mass is 9.77. The van der Waals surface area contributed by atoms with E-state index in [1.54, 1.807) is 12.1 Å². The first kappa shape index (κ1) is 17.0. The maximum atomic E-state index is 11.4. The van der Waals surface area contributed by atoms with Crippen LogP contribution in [-0.4, -0.2) is 42.5 Å². The second-order valence-corrected chi connectivity index (χ2v) is 7.06. The lowest BCUT2D eigenvalue weighted by molar-refractivity contribution is -0.118. The van der Waals surface area contributed by atoms with Crippen LogP contribution in [0.25, 0.3) is 6.08 Å². The Morgan fingerprint density at radius 2 is 1.96 bits per heavy atom. The fraction of sp³-hybridized carbons (Fsp3) is 0.471. The van der Waals surface area contributed by atoms with E-state index in [0.717, 1.165) is 5.56 Å². The van der Waals surface area contributed by atoms with Crippen molar-refractivity contribution in [3.63, 3.8) is 0 Å². The van der Waals surface area contributed by atoms with E-state index in [2.05, 4.69) is 5.32 Å². The Morgan fingerprint density at radius 1 is 1.29 bits per heavy atom. The molecule has 1 saturated heterocycles. The fourth-order valence-corrected chi connectivity index (χ4v) is 2.59. The van der Waals surface area contributed by atoms with Crippen molar-refractivity contribution in [2.75, 3.05) is 18.5 Å². The van der Waals surface area contributed by atoms with Crippen LogP contribution in [0, 0.1) is 0 Å². The molecule has 6 nitrogen and oxygen atoms in total. The van der Waals surface area contributed by atoms with E-state index < -0.39 is 18.3 Å². The Kier molecular flexibility index (Phi) is 4.19. The molecule has 0 aliphatic carbocycles. The van der Waals surface area contributed by atoms with Crippen LogP contribution in [0.2, 0.25) is 0 Å². The third-order valence-electron chi connectivity index (χ3n) is 4.73. The van der Waals surface area contributed by atoms with E-state index in [-0.39, 0.29) is 19.1 Å². The van der Waals surface area contributed by atoms with Gasteiger partial charge < -0.3 is 24.5 Å². The molecule has 0 spiro atoms. The molecule has 0 atom stereocenters. The van der Waals surface area contributed by atoms with Gasteiger partial charge in [-0.2, -0.15) is 0 Å². The molecule has 24 heavy (non-hydrogen) atoms. The van der Waals surface area contributed by atoms with Crippen molar-refractivity contribution < 1.29 is 23.9 Å². The average molecular weight is 331 g/mol. The number of nitrogens with one attached hydrogen (secondary N) is 1. The van der Waals surface area contributed by atoms with Gasteiger partial charge in [0.05, 0.1) is 23.5 Å².